The summed E-state index contributed by atoms with van der Waals surface area (Å²) in [5.74, 6) is 1.35. The van der Waals surface area contributed by atoms with Crippen molar-refractivity contribution < 1.29 is 9.90 Å². The number of rotatable bonds is 5. The van der Waals surface area contributed by atoms with Crippen molar-refractivity contribution in [1.82, 2.24) is 20.3 Å². The number of amides is 1. The van der Waals surface area contributed by atoms with Gasteiger partial charge in [0.15, 0.2) is 0 Å². The van der Waals surface area contributed by atoms with Gasteiger partial charge in [0.2, 0.25) is 5.91 Å². The number of aromatic amines is 1. The third-order valence-electron chi connectivity index (χ3n) is 6.71. The van der Waals surface area contributed by atoms with E-state index >= 15 is 0 Å². The molecule has 1 unspecified atom stereocenters. The summed E-state index contributed by atoms with van der Waals surface area (Å²) in [4.78, 5) is 40.7. The Hall–Kier alpha value is -3.66. The topological polar surface area (TPSA) is 126 Å². The molecule has 2 aliphatic rings. The number of aliphatic hydroxyl groups excluding tert-OH is 1. The monoisotopic (exact) mass is 477 g/mol. The average Bonchev–Trinajstić information content (AvgIpc) is 2.85. The lowest BCUT2D eigenvalue weighted by Gasteiger charge is -2.34. The summed E-state index contributed by atoms with van der Waals surface area (Å²) in [5.41, 5.74) is 2.02. The molecule has 0 bridgehead atoms. The number of hydrogen-bond acceptors (Lipinski definition) is 8. The lowest BCUT2D eigenvalue weighted by molar-refractivity contribution is -0.119. The van der Waals surface area contributed by atoms with Crippen LogP contribution in [0.25, 0.3) is 10.9 Å². The van der Waals surface area contributed by atoms with Gasteiger partial charge in [0.1, 0.15) is 11.6 Å². The number of aromatic nitrogens is 3. The van der Waals surface area contributed by atoms with Gasteiger partial charge in [0.05, 0.1) is 34.6 Å². The van der Waals surface area contributed by atoms with Crippen LogP contribution in [0.1, 0.15) is 32.6 Å². The number of pyridine rings is 3. The molecule has 1 atom stereocenters. The first-order valence-corrected chi connectivity index (χ1v) is 12.2. The Morgan fingerprint density at radius 2 is 1.97 bits per heavy atom. The molecule has 0 radical (unpaired) electrons. The fraction of sp³-hybridized carbons (Fsp3) is 0.440. The van der Waals surface area contributed by atoms with Gasteiger partial charge in [0.25, 0.3) is 5.56 Å². The molecule has 3 aromatic rings. The number of nitrogens with zero attached hydrogens (tertiary/aromatic N) is 4. The second kappa shape index (κ2) is 9.91. The van der Waals surface area contributed by atoms with Crippen molar-refractivity contribution in [2.24, 2.45) is 0 Å². The molecular formula is C25H31N7O3. The molecule has 2 aliphatic heterocycles. The van der Waals surface area contributed by atoms with E-state index in [9.17, 15) is 14.7 Å². The van der Waals surface area contributed by atoms with Crippen molar-refractivity contribution in [3.8, 4) is 0 Å². The highest BCUT2D eigenvalue weighted by atomic mass is 16.3. The number of anilines is 4. The average molecular weight is 478 g/mol. The van der Waals surface area contributed by atoms with Crippen LogP contribution in [0.3, 0.4) is 0 Å². The van der Waals surface area contributed by atoms with E-state index < -0.39 is 0 Å². The Bertz CT molecular complexity index is 1250. The standard InChI is InChI=1S/C25H31N7O3/c1-16(33)28-17-3-2-10-32(15-17)23-13-21(24-20(30-23)6-9-26-25(24)35)29-22-5-4-18(14-27-22)31-11-7-19(34)8-12-31/h4-6,9,13-14,17,19,34H,2-3,7-8,10-12,15H2,1H3,(H,26,35)(H,28,33)(H,27,29,30). The second-order valence-electron chi connectivity index (χ2n) is 9.33. The molecule has 0 aromatic carbocycles. The Labute approximate surface area is 203 Å². The van der Waals surface area contributed by atoms with Crippen LogP contribution in [0.15, 0.2) is 41.5 Å². The number of piperidine rings is 2. The van der Waals surface area contributed by atoms with Crippen molar-refractivity contribution >= 4 is 39.8 Å². The van der Waals surface area contributed by atoms with E-state index in [-0.39, 0.29) is 23.6 Å². The predicted octanol–water partition coefficient (Wildman–Crippen LogP) is 2.13. The summed E-state index contributed by atoms with van der Waals surface area (Å²) in [5, 5.41) is 16.6. The molecular weight excluding hydrogens is 446 g/mol. The van der Waals surface area contributed by atoms with Gasteiger partial charge in [-0.25, -0.2) is 9.97 Å². The zero-order valence-corrected chi connectivity index (χ0v) is 19.8. The zero-order valence-electron chi connectivity index (χ0n) is 19.8. The number of aliphatic hydroxyl groups is 1. The molecule has 3 aromatic heterocycles. The minimum absolute atomic E-state index is 0.0348. The maximum Gasteiger partial charge on any atom is 0.259 e. The quantitative estimate of drug-likeness (QED) is 0.440. The normalized spacial score (nSPS) is 19.1. The highest BCUT2D eigenvalue weighted by Gasteiger charge is 2.23. The molecule has 2 saturated heterocycles. The van der Waals surface area contributed by atoms with E-state index in [0.717, 1.165) is 56.8 Å². The molecule has 5 rings (SSSR count). The summed E-state index contributed by atoms with van der Waals surface area (Å²) < 4.78 is 0. The van der Waals surface area contributed by atoms with Gasteiger partial charge < -0.3 is 30.5 Å². The summed E-state index contributed by atoms with van der Waals surface area (Å²) in [6, 6.07) is 7.65. The molecule has 184 valence electrons. The van der Waals surface area contributed by atoms with Crippen molar-refractivity contribution in [3.63, 3.8) is 0 Å². The Morgan fingerprint density at radius 3 is 2.71 bits per heavy atom. The molecule has 10 heteroatoms. The van der Waals surface area contributed by atoms with Gasteiger partial charge in [0, 0.05) is 51.4 Å². The molecule has 35 heavy (non-hydrogen) atoms. The summed E-state index contributed by atoms with van der Waals surface area (Å²) in [6.45, 7) is 4.64. The van der Waals surface area contributed by atoms with Crippen LogP contribution in [0.5, 0.6) is 0 Å². The van der Waals surface area contributed by atoms with Gasteiger partial charge in [-0.1, -0.05) is 0 Å². The Morgan fingerprint density at radius 1 is 1.14 bits per heavy atom. The highest BCUT2D eigenvalue weighted by molar-refractivity contribution is 5.93. The van der Waals surface area contributed by atoms with Crippen molar-refractivity contribution in [3.05, 3.63) is 47.0 Å². The smallest absolute Gasteiger partial charge is 0.259 e. The molecule has 2 fully saturated rings. The first kappa shape index (κ1) is 23.1. The van der Waals surface area contributed by atoms with Crippen LogP contribution in [-0.4, -0.2) is 64.3 Å². The van der Waals surface area contributed by atoms with E-state index in [0.29, 0.717) is 29.0 Å². The third-order valence-corrected chi connectivity index (χ3v) is 6.71. The number of fused-ring (bicyclic) bond motifs is 1. The summed E-state index contributed by atoms with van der Waals surface area (Å²) >= 11 is 0. The molecule has 0 saturated carbocycles. The van der Waals surface area contributed by atoms with Crippen LogP contribution in [-0.2, 0) is 4.79 Å². The fourth-order valence-electron chi connectivity index (χ4n) is 4.94. The molecule has 10 nitrogen and oxygen atoms in total. The van der Waals surface area contributed by atoms with Crippen LogP contribution in [0, 0.1) is 0 Å². The van der Waals surface area contributed by atoms with E-state index in [1.165, 1.54) is 6.92 Å². The van der Waals surface area contributed by atoms with Crippen molar-refractivity contribution in [2.45, 2.75) is 44.8 Å². The third kappa shape index (κ3) is 5.22. The molecule has 0 aliphatic carbocycles. The minimum atomic E-state index is -0.221. The molecule has 5 heterocycles. The van der Waals surface area contributed by atoms with Crippen LogP contribution >= 0.6 is 0 Å². The maximum atomic E-state index is 12.7. The number of nitrogens with one attached hydrogen (secondary N) is 3. The number of H-pyrrole nitrogens is 1. The van der Waals surface area contributed by atoms with Gasteiger partial charge in [-0.05, 0) is 43.9 Å². The second-order valence-corrected chi connectivity index (χ2v) is 9.33. The van der Waals surface area contributed by atoms with E-state index in [2.05, 4.69) is 30.4 Å². The van der Waals surface area contributed by atoms with E-state index in [4.69, 9.17) is 4.98 Å². The summed E-state index contributed by atoms with van der Waals surface area (Å²) in [6.07, 6.45) is 6.59. The van der Waals surface area contributed by atoms with Crippen molar-refractivity contribution in [1.29, 1.82) is 0 Å². The predicted molar refractivity (Wildman–Crippen MR) is 136 cm³/mol. The molecule has 4 N–H and O–H groups in total. The van der Waals surface area contributed by atoms with Crippen LogP contribution < -0.4 is 26.0 Å². The maximum absolute atomic E-state index is 12.7. The molecule has 0 spiro atoms. The number of carbonyl (C=O) groups excluding carboxylic acids is 1. The first-order valence-electron chi connectivity index (χ1n) is 12.2. The SMILES string of the molecule is CC(=O)NC1CCCN(c2cc(Nc3ccc(N4CCC(O)CC4)cn3)c3c(=O)[nH]ccc3n2)C1. The van der Waals surface area contributed by atoms with E-state index in [1.807, 2.05) is 24.4 Å². The highest BCUT2D eigenvalue weighted by Crippen LogP contribution is 2.29. The van der Waals surface area contributed by atoms with Crippen LogP contribution in [0.2, 0.25) is 0 Å². The Kier molecular flexibility index (Phi) is 6.54. The largest absolute Gasteiger partial charge is 0.393 e. The lowest BCUT2D eigenvalue weighted by Crippen LogP contribution is -2.47. The fourth-order valence-corrected chi connectivity index (χ4v) is 4.94. The van der Waals surface area contributed by atoms with Crippen molar-refractivity contribution in [2.75, 3.05) is 41.3 Å². The van der Waals surface area contributed by atoms with Gasteiger partial charge in [-0.2, -0.15) is 0 Å². The first-order chi connectivity index (χ1) is 17.0. The van der Waals surface area contributed by atoms with Crippen LogP contribution in [0.4, 0.5) is 23.0 Å². The lowest BCUT2D eigenvalue weighted by atomic mass is 10.1. The number of carbonyl (C=O) groups is 1. The Balaban J connectivity index is 1.42. The van der Waals surface area contributed by atoms with Gasteiger partial charge in [-0.15, -0.1) is 0 Å². The van der Waals surface area contributed by atoms with Gasteiger partial charge in [-0.3, -0.25) is 9.59 Å². The summed E-state index contributed by atoms with van der Waals surface area (Å²) in [7, 11) is 0. The minimum Gasteiger partial charge on any atom is -0.393 e. The van der Waals surface area contributed by atoms with Gasteiger partial charge >= 0.3 is 0 Å². The number of hydrogen-bond donors (Lipinski definition) is 4. The molecule has 1 amide bonds. The van der Waals surface area contributed by atoms with E-state index in [1.54, 1.807) is 12.3 Å². The zero-order chi connectivity index (χ0) is 24.4.